The summed E-state index contributed by atoms with van der Waals surface area (Å²) in [5.41, 5.74) is 7.69. The summed E-state index contributed by atoms with van der Waals surface area (Å²) >= 11 is 4.87. The lowest BCUT2D eigenvalue weighted by Crippen LogP contribution is -2.37. The summed E-state index contributed by atoms with van der Waals surface area (Å²) in [5, 5.41) is 0. The Bertz CT molecular complexity index is 463. The van der Waals surface area contributed by atoms with Crippen LogP contribution in [0.3, 0.4) is 0 Å². The molecule has 0 radical (unpaired) electrons. The maximum atomic E-state index is 12.4. The molecule has 4 nitrogen and oxygen atoms in total. The van der Waals surface area contributed by atoms with Gasteiger partial charge in [-0.15, -0.1) is 0 Å². The highest BCUT2D eigenvalue weighted by Crippen LogP contribution is 2.09. The van der Waals surface area contributed by atoms with Crippen molar-refractivity contribution in [2.24, 2.45) is 5.73 Å². The Labute approximate surface area is 125 Å². The van der Waals surface area contributed by atoms with Gasteiger partial charge in [0.15, 0.2) is 0 Å². The third-order valence-electron chi connectivity index (χ3n) is 3.15. The largest absolute Gasteiger partial charge is 0.393 e. The van der Waals surface area contributed by atoms with Crippen molar-refractivity contribution in [3.63, 3.8) is 0 Å². The number of ether oxygens (including phenoxy) is 1. The fourth-order valence-corrected chi connectivity index (χ4v) is 1.98. The quantitative estimate of drug-likeness (QED) is 0.741. The molecule has 0 heterocycles. The van der Waals surface area contributed by atoms with E-state index in [0.29, 0.717) is 37.5 Å². The summed E-state index contributed by atoms with van der Waals surface area (Å²) in [6.07, 6.45) is 0.937. The topological polar surface area (TPSA) is 55.6 Å². The Balaban J connectivity index is 2.66. The molecule has 0 unspecified atom stereocenters. The number of methoxy groups -OCH3 is 1. The van der Waals surface area contributed by atoms with Crippen LogP contribution in [0, 0.1) is 6.92 Å². The van der Waals surface area contributed by atoms with Crippen LogP contribution < -0.4 is 5.73 Å². The molecular weight excluding hydrogens is 272 g/mol. The molecule has 0 aliphatic heterocycles. The number of nitrogens with zero attached hydrogens (tertiary/aromatic N) is 1. The molecule has 0 aliphatic rings. The van der Waals surface area contributed by atoms with Crippen molar-refractivity contribution in [2.75, 3.05) is 26.8 Å². The average molecular weight is 294 g/mol. The first-order chi connectivity index (χ1) is 9.54. The summed E-state index contributed by atoms with van der Waals surface area (Å²) in [5.74, 6) is 0.0765. The Morgan fingerprint density at radius 1 is 1.35 bits per heavy atom. The van der Waals surface area contributed by atoms with Crippen molar-refractivity contribution >= 4 is 23.1 Å². The third-order valence-corrected chi connectivity index (χ3v) is 3.35. The number of aryl methyl sites for hydroxylation is 1. The fourth-order valence-electron chi connectivity index (χ4n) is 1.89. The zero-order chi connectivity index (χ0) is 15.0. The molecule has 5 heteroatoms. The highest BCUT2D eigenvalue weighted by Gasteiger charge is 2.14. The van der Waals surface area contributed by atoms with Crippen molar-refractivity contribution in [3.8, 4) is 0 Å². The minimum Gasteiger partial charge on any atom is -0.393 e. The molecule has 20 heavy (non-hydrogen) atoms. The smallest absolute Gasteiger partial charge is 0.227 e. The Hall–Kier alpha value is -1.46. The van der Waals surface area contributed by atoms with Crippen molar-refractivity contribution in [1.82, 2.24) is 4.90 Å². The predicted octanol–water partition coefficient (Wildman–Crippen LogP) is 1.69. The highest BCUT2D eigenvalue weighted by atomic mass is 32.1. The zero-order valence-electron chi connectivity index (χ0n) is 12.1. The van der Waals surface area contributed by atoms with E-state index in [1.54, 1.807) is 12.0 Å². The highest BCUT2D eigenvalue weighted by molar-refractivity contribution is 7.80. The summed E-state index contributed by atoms with van der Waals surface area (Å²) in [7, 11) is 1.62. The zero-order valence-corrected chi connectivity index (χ0v) is 12.9. The molecule has 1 aromatic carbocycles. The second-order valence-corrected chi connectivity index (χ2v) is 5.22. The summed E-state index contributed by atoms with van der Waals surface area (Å²) in [6, 6.07) is 7.91. The lowest BCUT2D eigenvalue weighted by molar-refractivity contribution is -0.131. The van der Waals surface area contributed by atoms with Crippen LogP contribution in [0.15, 0.2) is 24.3 Å². The molecule has 0 saturated carbocycles. The van der Waals surface area contributed by atoms with Gasteiger partial charge in [0, 0.05) is 26.6 Å². The number of benzene rings is 1. The number of hydrogen-bond donors (Lipinski definition) is 1. The maximum Gasteiger partial charge on any atom is 0.227 e. The Morgan fingerprint density at radius 2 is 2.05 bits per heavy atom. The van der Waals surface area contributed by atoms with Gasteiger partial charge in [0.1, 0.15) is 0 Å². The van der Waals surface area contributed by atoms with Crippen molar-refractivity contribution < 1.29 is 9.53 Å². The molecule has 1 rings (SSSR count). The second-order valence-electron chi connectivity index (χ2n) is 4.69. The lowest BCUT2D eigenvalue weighted by atomic mass is 10.1. The van der Waals surface area contributed by atoms with E-state index >= 15 is 0 Å². The van der Waals surface area contributed by atoms with Gasteiger partial charge in [0.25, 0.3) is 0 Å². The minimum atomic E-state index is 0.0765. The number of hydrogen-bond acceptors (Lipinski definition) is 3. The molecule has 1 amide bonds. The summed E-state index contributed by atoms with van der Waals surface area (Å²) in [6.45, 7) is 3.63. The van der Waals surface area contributed by atoms with E-state index in [0.717, 1.165) is 11.1 Å². The molecule has 0 aromatic heterocycles. The number of thiocarbonyl (C=S) groups is 1. The van der Waals surface area contributed by atoms with Gasteiger partial charge in [-0.3, -0.25) is 4.79 Å². The van der Waals surface area contributed by atoms with Crippen LogP contribution >= 0.6 is 12.2 Å². The minimum absolute atomic E-state index is 0.0765. The Kier molecular flexibility index (Phi) is 7.18. The van der Waals surface area contributed by atoms with Crippen LogP contribution in [-0.2, 0) is 16.0 Å². The SMILES string of the molecule is COCCN(CCC(N)=S)C(=O)Cc1ccccc1C. The molecule has 2 N–H and O–H groups in total. The molecule has 0 aliphatic carbocycles. The standard InChI is InChI=1S/C15H22N2O2S/c1-12-5-3-4-6-13(12)11-15(18)17(9-10-19-2)8-7-14(16)20/h3-6H,7-11H2,1-2H3,(H2,16,20). The van der Waals surface area contributed by atoms with Crippen LogP contribution in [0.1, 0.15) is 17.5 Å². The van der Waals surface area contributed by atoms with Gasteiger partial charge in [-0.25, -0.2) is 0 Å². The van der Waals surface area contributed by atoms with Crippen molar-refractivity contribution in [3.05, 3.63) is 35.4 Å². The molecule has 0 bridgehead atoms. The van der Waals surface area contributed by atoms with Crippen LogP contribution in [0.25, 0.3) is 0 Å². The number of amides is 1. The van der Waals surface area contributed by atoms with E-state index in [4.69, 9.17) is 22.7 Å². The van der Waals surface area contributed by atoms with Gasteiger partial charge in [0.2, 0.25) is 5.91 Å². The predicted molar refractivity (Wildman–Crippen MR) is 84.7 cm³/mol. The normalized spacial score (nSPS) is 10.3. The van der Waals surface area contributed by atoms with E-state index in [9.17, 15) is 4.79 Å². The van der Waals surface area contributed by atoms with Crippen molar-refractivity contribution in [1.29, 1.82) is 0 Å². The Morgan fingerprint density at radius 3 is 2.65 bits per heavy atom. The van der Waals surface area contributed by atoms with E-state index in [2.05, 4.69) is 0 Å². The van der Waals surface area contributed by atoms with Gasteiger partial charge in [0.05, 0.1) is 18.0 Å². The summed E-state index contributed by atoms with van der Waals surface area (Å²) < 4.78 is 5.05. The molecule has 0 saturated heterocycles. The third kappa shape index (κ3) is 5.67. The fraction of sp³-hybridized carbons (Fsp3) is 0.467. The summed E-state index contributed by atoms with van der Waals surface area (Å²) in [4.78, 5) is 14.6. The van der Waals surface area contributed by atoms with E-state index < -0.39 is 0 Å². The van der Waals surface area contributed by atoms with Gasteiger partial charge in [-0.05, 0) is 18.1 Å². The number of rotatable bonds is 8. The first-order valence-corrected chi connectivity index (χ1v) is 7.05. The van der Waals surface area contributed by atoms with Crippen LogP contribution in [0.4, 0.5) is 0 Å². The lowest BCUT2D eigenvalue weighted by Gasteiger charge is -2.22. The first-order valence-electron chi connectivity index (χ1n) is 6.64. The van der Waals surface area contributed by atoms with Gasteiger partial charge >= 0.3 is 0 Å². The number of nitrogens with two attached hydrogens (primary N) is 1. The van der Waals surface area contributed by atoms with Gasteiger partial charge in [-0.2, -0.15) is 0 Å². The van der Waals surface area contributed by atoms with E-state index in [-0.39, 0.29) is 5.91 Å². The van der Waals surface area contributed by atoms with Crippen LogP contribution in [0.2, 0.25) is 0 Å². The van der Waals surface area contributed by atoms with Crippen LogP contribution in [-0.4, -0.2) is 42.6 Å². The molecule has 110 valence electrons. The maximum absolute atomic E-state index is 12.4. The van der Waals surface area contributed by atoms with Crippen molar-refractivity contribution in [2.45, 2.75) is 19.8 Å². The molecule has 1 aromatic rings. The second kappa shape index (κ2) is 8.66. The first kappa shape index (κ1) is 16.6. The van der Waals surface area contributed by atoms with Gasteiger partial charge in [-0.1, -0.05) is 36.5 Å². The molecule has 0 atom stereocenters. The van der Waals surface area contributed by atoms with E-state index in [1.165, 1.54) is 0 Å². The molecule has 0 fully saturated rings. The average Bonchev–Trinajstić information content (AvgIpc) is 2.41. The van der Waals surface area contributed by atoms with Crippen LogP contribution in [0.5, 0.6) is 0 Å². The number of carbonyl (C=O) groups is 1. The molecule has 0 spiro atoms. The number of carbonyl (C=O) groups excluding carboxylic acids is 1. The van der Waals surface area contributed by atoms with Gasteiger partial charge < -0.3 is 15.4 Å². The monoisotopic (exact) mass is 294 g/mol. The van der Waals surface area contributed by atoms with E-state index in [1.807, 2.05) is 31.2 Å². The molecular formula is C15H22N2O2S.